The third-order valence-electron chi connectivity index (χ3n) is 5.93. The van der Waals surface area contributed by atoms with Crippen LogP contribution in [0.15, 0.2) is 15.1 Å². The highest BCUT2D eigenvalue weighted by atomic mass is 16.5. The minimum Gasteiger partial charge on any atom is -0.361 e. The summed E-state index contributed by atoms with van der Waals surface area (Å²) >= 11 is 0. The molecular formula is C20H28N4O3. The van der Waals surface area contributed by atoms with Crippen molar-refractivity contribution in [2.24, 2.45) is 5.92 Å². The number of piperidine rings is 1. The Balaban J connectivity index is 1.50. The minimum absolute atomic E-state index is 0.000427. The second-order valence-corrected chi connectivity index (χ2v) is 8.32. The van der Waals surface area contributed by atoms with Gasteiger partial charge in [-0.3, -0.25) is 9.69 Å². The fourth-order valence-electron chi connectivity index (χ4n) is 4.32. The molecule has 2 aromatic rings. The first kappa shape index (κ1) is 18.2. The van der Waals surface area contributed by atoms with Gasteiger partial charge in [0.05, 0.1) is 5.69 Å². The van der Waals surface area contributed by atoms with Gasteiger partial charge in [-0.1, -0.05) is 24.2 Å². The zero-order valence-electron chi connectivity index (χ0n) is 16.6. The Morgan fingerprint density at radius 1 is 1.19 bits per heavy atom. The van der Waals surface area contributed by atoms with Crippen molar-refractivity contribution in [1.29, 1.82) is 0 Å². The molecule has 2 unspecified atom stereocenters. The van der Waals surface area contributed by atoms with E-state index in [0.717, 1.165) is 49.8 Å². The van der Waals surface area contributed by atoms with E-state index in [2.05, 4.69) is 15.2 Å². The number of carbonyl (C=O) groups is 1. The van der Waals surface area contributed by atoms with Crippen LogP contribution >= 0.6 is 0 Å². The Hall–Kier alpha value is -2.15. The predicted molar refractivity (Wildman–Crippen MR) is 99.4 cm³/mol. The van der Waals surface area contributed by atoms with Gasteiger partial charge in [-0.25, -0.2) is 0 Å². The lowest BCUT2D eigenvalue weighted by molar-refractivity contribution is 0.0574. The largest absolute Gasteiger partial charge is 0.361 e. The topological polar surface area (TPSA) is 75.6 Å². The van der Waals surface area contributed by atoms with Crippen LogP contribution in [0.25, 0.3) is 0 Å². The molecule has 0 aromatic carbocycles. The average molecular weight is 372 g/mol. The van der Waals surface area contributed by atoms with Crippen molar-refractivity contribution < 1.29 is 13.8 Å². The summed E-state index contributed by atoms with van der Waals surface area (Å²) in [5, 5.41) is 8.10. The molecule has 3 aliphatic heterocycles. The molecule has 7 nitrogen and oxygen atoms in total. The Kier molecular flexibility index (Phi) is 4.80. The summed E-state index contributed by atoms with van der Waals surface area (Å²) in [7, 11) is 0. The van der Waals surface area contributed by atoms with Crippen LogP contribution in [-0.2, 0) is 6.54 Å². The zero-order chi connectivity index (χ0) is 19.1. The maximum Gasteiger partial charge on any atom is 0.276 e. The summed E-state index contributed by atoms with van der Waals surface area (Å²) in [6, 6.07) is 2.02. The van der Waals surface area contributed by atoms with Crippen LogP contribution in [-0.4, -0.2) is 51.7 Å². The molecule has 3 fully saturated rings. The van der Waals surface area contributed by atoms with Gasteiger partial charge in [-0.05, 0) is 32.6 Å². The van der Waals surface area contributed by atoms with Gasteiger partial charge >= 0.3 is 0 Å². The molecule has 3 aliphatic rings. The van der Waals surface area contributed by atoms with Crippen LogP contribution in [0.1, 0.15) is 65.9 Å². The molecule has 0 aliphatic carbocycles. The molecule has 3 saturated heterocycles. The van der Waals surface area contributed by atoms with E-state index in [4.69, 9.17) is 9.05 Å². The molecule has 146 valence electrons. The number of aromatic nitrogens is 2. The average Bonchev–Trinajstić information content (AvgIpc) is 3.14. The van der Waals surface area contributed by atoms with Gasteiger partial charge in [0.15, 0.2) is 5.69 Å². The van der Waals surface area contributed by atoms with Crippen molar-refractivity contribution in [2.45, 2.75) is 59.0 Å². The molecule has 0 N–H and O–H groups in total. The van der Waals surface area contributed by atoms with E-state index in [-0.39, 0.29) is 17.9 Å². The van der Waals surface area contributed by atoms with Gasteiger partial charge in [0, 0.05) is 49.8 Å². The van der Waals surface area contributed by atoms with E-state index in [1.165, 1.54) is 12.0 Å². The Labute approximate surface area is 159 Å². The Bertz CT molecular complexity index is 806. The molecule has 2 bridgehead atoms. The van der Waals surface area contributed by atoms with E-state index in [9.17, 15) is 4.79 Å². The number of rotatable bonds is 4. The fourth-order valence-corrected chi connectivity index (χ4v) is 4.32. The van der Waals surface area contributed by atoms with E-state index >= 15 is 0 Å². The molecule has 2 aromatic heterocycles. The maximum atomic E-state index is 13.1. The van der Waals surface area contributed by atoms with Gasteiger partial charge in [-0.15, -0.1) is 0 Å². The number of amides is 1. The standard InChI is InChI=1S/C20H28N4O3/c1-12(2)19-7-18(22-27-19)20(25)24-9-15-5-6-16(24)10-23(8-15)11-17-13(3)21-26-14(17)4/h7,12,15-16H,5-6,8-11H2,1-4H3. The lowest BCUT2D eigenvalue weighted by atomic mass is 9.94. The van der Waals surface area contributed by atoms with Crippen LogP contribution in [0.4, 0.5) is 0 Å². The third-order valence-corrected chi connectivity index (χ3v) is 5.93. The van der Waals surface area contributed by atoms with Crippen molar-refractivity contribution in [3.8, 4) is 0 Å². The first-order valence-corrected chi connectivity index (χ1v) is 9.84. The molecule has 0 spiro atoms. The first-order valence-electron chi connectivity index (χ1n) is 9.84. The molecule has 0 radical (unpaired) electrons. The van der Waals surface area contributed by atoms with Crippen LogP contribution in [0, 0.1) is 19.8 Å². The monoisotopic (exact) mass is 372 g/mol. The molecule has 7 heteroatoms. The summed E-state index contributed by atoms with van der Waals surface area (Å²) in [5.41, 5.74) is 2.57. The number of aryl methyl sites for hydroxylation is 2. The predicted octanol–water partition coefficient (Wildman–Crippen LogP) is 3.14. The number of fused-ring (bicyclic) bond motifs is 4. The molecule has 5 heterocycles. The number of nitrogens with zero attached hydrogens (tertiary/aromatic N) is 4. The van der Waals surface area contributed by atoms with Gasteiger partial charge < -0.3 is 13.9 Å². The van der Waals surface area contributed by atoms with Gasteiger partial charge in [0.25, 0.3) is 5.91 Å². The fraction of sp³-hybridized carbons (Fsp3) is 0.650. The van der Waals surface area contributed by atoms with Crippen LogP contribution in [0.5, 0.6) is 0 Å². The molecular weight excluding hydrogens is 344 g/mol. The maximum absolute atomic E-state index is 13.1. The summed E-state index contributed by atoms with van der Waals surface area (Å²) < 4.78 is 10.7. The summed E-state index contributed by atoms with van der Waals surface area (Å²) in [4.78, 5) is 17.5. The highest BCUT2D eigenvalue weighted by molar-refractivity contribution is 5.92. The van der Waals surface area contributed by atoms with Crippen molar-refractivity contribution in [2.75, 3.05) is 19.6 Å². The summed E-state index contributed by atoms with van der Waals surface area (Å²) in [6.45, 7) is 11.5. The van der Waals surface area contributed by atoms with E-state index in [0.29, 0.717) is 11.6 Å². The molecule has 5 rings (SSSR count). The van der Waals surface area contributed by atoms with Gasteiger partial charge in [0.2, 0.25) is 0 Å². The molecule has 27 heavy (non-hydrogen) atoms. The van der Waals surface area contributed by atoms with Crippen molar-refractivity contribution >= 4 is 5.91 Å². The minimum atomic E-state index is -0.000427. The SMILES string of the molecule is Cc1noc(C)c1CN1CC2CCC(C1)N(C(=O)c1cc(C(C)C)on1)C2. The number of carbonyl (C=O) groups excluding carboxylic acids is 1. The Morgan fingerprint density at radius 2 is 2.00 bits per heavy atom. The second kappa shape index (κ2) is 7.11. The molecule has 2 atom stereocenters. The van der Waals surface area contributed by atoms with E-state index < -0.39 is 0 Å². The van der Waals surface area contributed by atoms with Crippen LogP contribution in [0.3, 0.4) is 0 Å². The normalized spacial score (nSPS) is 23.2. The van der Waals surface area contributed by atoms with E-state index in [1.54, 1.807) is 6.07 Å². The highest BCUT2D eigenvalue weighted by Crippen LogP contribution is 2.31. The lowest BCUT2D eigenvalue weighted by Gasteiger charge is -2.35. The third kappa shape index (κ3) is 3.52. The summed E-state index contributed by atoms with van der Waals surface area (Å²) in [5.74, 6) is 2.37. The van der Waals surface area contributed by atoms with Gasteiger partial charge in [0.1, 0.15) is 11.5 Å². The van der Waals surface area contributed by atoms with Gasteiger partial charge in [-0.2, -0.15) is 0 Å². The van der Waals surface area contributed by atoms with Crippen LogP contribution in [0.2, 0.25) is 0 Å². The molecule has 1 amide bonds. The Morgan fingerprint density at radius 3 is 2.67 bits per heavy atom. The number of hydrogen-bond donors (Lipinski definition) is 0. The van der Waals surface area contributed by atoms with Crippen molar-refractivity contribution in [1.82, 2.24) is 20.1 Å². The lowest BCUT2D eigenvalue weighted by Crippen LogP contribution is -2.47. The van der Waals surface area contributed by atoms with Crippen molar-refractivity contribution in [3.05, 3.63) is 34.5 Å². The second-order valence-electron chi connectivity index (χ2n) is 8.32. The highest BCUT2D eigenvalue weighted by Gasteiger charge is 2.38. The smallest absolute Gasteiger partial charge is 0.276 e. The first-order chi connectivity index (χ1) is 12.9. The zero-order valence-corrected chi connectivity index (χ0v) is 16.6. The van der Waals surface area contributed by atoms with E-state index in [1.807, 2.05) is 32.6 Å². The quantitative estimate of drug-likeness (QED) is 0.821. The molecule has 0 saturated carbocycles. The number of hydrogen-bond acceptors (Lipinski definition) is 6. The van der Waals surface area contributed by atoms with Crippen molar-refractivity contribution in [3.63, 3.8) is 0 Å². The summed E-state index contributed by atoms with van der Waals surface area (Å²) in [6.07, 6.45) is 2.21. The van der Waals surface area contributed by atoms with Crippen LogP contribution < -0.4 is 0 Å².